The number of nitrogens with zero attached hydrogens (tertiary/aromatic N) is 2. The summed E-state index contributed by atoms with van der Waals surface area (Å²) in [7, 11) is 0. The highest BCUT2D eigenvalue weighted by molar-refractivity contribution is 5.94. The number of benzene rings is 1. The van der Waals surface area contributed by atoms with Crippen LogP contribution < -0.4 is 11.1 Å². The van der Waals surface area contributed by atoms with Gasteiger partial charge < -0.3 is 20.9 Å². The van der Waals surface area contributed by atoms with Crippen LogP contribution in [0.2, 0.25) is 0 Å². The summed E-state index contributed by atoms with van der Waals surface area (Å²) in [6, 6.07) is 7.50. The molecule has 5 nitrogen and oxygen atoms in total. The summed E-state index contributed by atoms with van der Waals surface area (Å²) in [4.78, 5) is 17.1. The van der Waals surface area contributed by atoms with E-state index in [1.165, 1.54) is 0 Å². The second-order valence-corrected chi connectivity index (χ2v) is 6.45. The monoisotopic (exact) mass is 318 g/mol. The first-order valence-corrected chi connectivity index (χ1v) is 8.64. The molecule has 1 unspecified atom stereocenters. The van der Waals surface area contributed by atoms with Crippen molar-refractivity contribution in [3.8, 4) is 0 Å². The standard InChI is InChI=1S/C18H30N4O/c1-3-21-8-10-22(11-9-21)14-15(2)13-20-18(23)17-6-4-16(12-19)5-7-17/h4-7,15H,3,8-14,19H2,1-2H3,(H,20,23). The molecule has 0 aliphatic carbocycles. The van der Waals surface area contributed by atoms with Crippen molar-refractivity contribution in [1.82, 2.24) is 15.1 Å². The number of rotatable bonds is 7. The smallest absolute Gasteiger partial charge is 0.251 e. The van der Waals surface area contributed by atoms with Gasteiger partial charge in [0.25, 0.3) is 5.91 Å². The van der Waals surface area contributed by atoms with E-state index in [0.29, 0.717) is 24.6 Å². The van der Waals surface area contributed by atoms with Crippen LogP contribution in [-0.2, 0) is 6.54 Å². The van der Waals surface area contributed by atoms with Gasteiger partial charge in [-0.1, -0.05) is 26.0 Å². The molecule has 0 saturated carbocycles. The molecule has 0 spiro atoms. The SMILES string of the molecule is CCN1CCN(CC(C)CNC(=O)c2ccc(CN)cc2)CC1. The van der Waals surface area contributed by atoms with Crippen molar-refractivity contribution < 1.29 is 4.79 Å². The summed E-state index contributed by atoms with van der Waals surface area (Å²) in [6.45, 7) is 12.4. The van der Waals surface area contributed by atoms with Crippen molar-refractivity contribution in [3.05, 3.63) is 35.4 Å². The van der Waals surface area contributed by atoms with Crippen LogP contribution in [0.3, 0.4) is 0 Å². The summed E-state index contributed by atoms with van der Waals surface area (Å²) in [6.07, 6.45) is 0. The molecule has 1 aromatic rings. The Morgan fingerprint density at radius 3 is 2.35 bits per heavy atom. The molecule has 1 aliphatic heterocycles. The maximum absolute atomic E-state index is 12.2. The van der Waals surface area contributed by atoms with Gasteiger partial charge in [0.2, 0.25) is 0 Å². The fourth-order valence-corrected chi connectivity index (χ4v) is 2.95. The third-order valence-electron chi connectivity index (χ3n) is 4.54. The zero-order chi connectivity index (χ0) is 16.7. The van der Waals surface area contributed by atoms with Crippen LogP contribution in [-0.4, -0.2) is 61.5 Å². The predicted molar refractivity (Wildman–Crippen MR) is 94.4 cm³/mol. The van der Waals surface area contributed by atoms with Gasteiger partial charge in [-0.3, -0.25) is 4.79 Å². The van der Waals surface area contributed by atoms with Crippen molar-refractivity contribution in [2.45, 2.75) is 20.4 Å². The summed E-state index contributed by atoms with van der Waals surface area (Å²) in [5, 5.41) is 3.04. The molecular formula is C18H30N4O. The maximum Gasteiger partial charge on any atom is 0.251 e. The van der Waals surface area contributed by atoms with E-state index in [2.05, 4.69) is 29.0 Å². The molecule has 128 valence electrons. The lowest BCUT2D eigenvalue weighted by atomic mass is 10.1. The number of carbonyl (C=O) groups is 1. The van der Waals surface area contributed by atoms with Crippen LogP contribution in [0.5, 0.6) is 0 Å². The van der Waals surface area contributed by atoms with Crippen LogP contribution in [0, 0.1) is 5.92 Å². The number of nitrogens with two attached hydrogens (primary N) is 1. The fraction of sp³-hybridized carbons (Fsp3) is 0.611. The van der Waals surface area contributed by atoms with E-state index in [0.717, 1.165) is 44.8 Å². The predicted octanol–water partition coefficient (Wildman–Crippen LogP) is 1.15. The van der Waals surface area contributed by atoms with Gasteiger partial charge in [-0.15, -0.1) is 0 Å². The Bertz CT molecular complexity index is 480. The Labute approximate surface area is 139 Å². The Morgan fingerprint density at radius 2 is 1.78 bits per heavy atom. The molecule has 1 aromatic carbocycles. The number of hydrogen-bond donors (Lipinski definition) is 2. The quantitative estimate of drug-likeness (QED) is 0.792. The summed E-state index contributed by atoms with van der Waals surface area (Å²) < 4.78 is 0. The highest BCUT2D eigenvalue weighted by Gasteiger charge is 2.17. The molecule has 0 radical (unpaired) electrons. The maximum atomic E-state index is 12.2. The number of hydrogen-bond acceptors (Lipinski definition) is 4. The second-order valence-electron chi connectivity index (χ2n) is 6.45. The second kappa shape index (κ2) is 9.01. The molecule has 1 atom stereocenters. The molecule has 23 heavy (non-hydrogen) atoms. The highest BCUT2D eigenvalue weighted by Crippen LogP contribution is 2.06. The van der Waals surface area contributed by atoms with E-state index in [1.807, 2.05) is 24.3 Å². The number of nitrogens with one attached hydrogen (secondary N) is 1. The normalized spacial score (nSPS) is 17.9. The number of amides is 1. The van der Waals surface area contributed by atoms with Gasteiger partial charge in [0.1, 0.15) is 0 Å². The first kappa shape index (κ1) is 17.9. The Kier molecular flexibility index (Phi) is 7.02. The van der Waals surface area contributed by atoms with Crippen LogP contribution >= 0.6 is 0 Å². The molecule has 1 saturated heterocycles. The number of piperazine rings is 1. The van der Waals surface area contributed by atoms with Crippen molar-refractivity contribution >= 4 is 5.91 Å². The minimum absolute atomic E-state index is 0.00350. The molecule has 0 aromatic heterocycles. The minimum Gasteiger partial charge on any atom is -0.352 e. The first-order chi connectivity index (χ1) is 11.1. The molecule has 1 heterocycles. The van der Waals surface area contributed by atoms with Gasteiger partial charge in [0, 0.05) is 51.4 Å². The van der Waals surface area contributed by atoms with Crippen LogP contribution in [0.25, 0.3) is 0 Å². The van der Waals surface area contributed by atoms with Gasteiger partial charge in [0.15, 0.2) is 0 Å². The highest BCUT2D eigenvalue weighted by atomic mass is 16.1. The number of carbonyl (C=O) groups excluding carboxylic acids is 1. The number of likely N-dealkylation sites (N-methyl/N-ethyl adjacent to an activating group) is 1. The molecule has 1 amide bonds. The Balaban J connectivity index is 1.71. The molecule has 0 bridgehead atoms. The Hall–Kier alpha value is -1.43. The van der Waals surface area contributed by atoms with E-state index in [1.54, 1.807) is 0 Å². The first-order valence-electron chi connectivity index (χ1n) is 8.64. The average Bonchev–Trinajstić information content (AvgIpc) is 2.60. The van der Waals surface area contributed by atoms with Gasteiger partial charge in [-0.25, -0.2) is 0 Å². The average molecular weight is 318 g/mol. The minimum atomic E-state index is -0.00350. The third kappa shape index (κ3) is 5.61. The van der Waals surface area contributed by atoms with Crippen LogP contribution in [0.15, 0.2) is 24.3 Å². The zero-order valence-corrected chi connectivity index (χ0v) is 14.4. The van der Waals surface area contributed by atoms with Gasteiger partial charge in [-0.05, 0) is 30.2 Å². The van der Waals surface area contributed by atoms with E-state index in [9.17, 15) is 4.79 Å². The molecule has 2 rings (SSSR count). The van der Waals surface area contributed by atoms with Crippen molar-refractivity contribution in [2.24, 2.45) is 11.7 Å². The fourth-order valence-electron chi connectivity index (χ4n) is 2.95. The van der Waals surface area contributed by atoms with E-state index in [-0.39, 0.29) is 5.91 Å². The lowest BCUT2D eigenvalue weighted by Gasteiger charge is -2.35. The van der Waals surface area contributed by atoms with Crippen molar-refractivity contribution in [3.63, 3.8) is 0 Å². The van der Waals surface area contributed by atoms with Gasteiger partial charge >= 0.3 is 0 Å². The molecule has 3 N–H and O–H groups in total. The van der Waals surface area contributed by atoms with E-state index < -0.39 is 0 Å². The lowest BCUT2D eigenvalue weighted by Crippen LogP contribution is -2.48. The summed E-state index contributed by atoms with van der Waals surface area (Å²) >= 11 is 0. The summed E-state index contributed by atoms with van der Waals surface area (Å²) in [5.41, 5.74) is 7.32. The molecular weight excluding hydrogens is 288 g/mol. The molecule has 1 aliphatic rings. The molecule has 1 fully saturated rings. The van der Waals surface area contributed by atoms with Crippen LogP contribution in [0.4, 0.5) is 0 Å². The zero-order valence-electron chi connectivity index (χ0n) is 14.4. The topological polar surface area (TPSA) is 61.6 Å². The largest absolute Gasteiger partial charge is 0.352 e. The lowest BCUT2D eigenvalue weighted by molar-refractivity contribution is 0.0933. The third-order valence-corrected chi connectivity index (χ3v) is 4.54. The van der Waals surface area contributed by atoms with Crippen LogP contribution in [0.1, 0.15) is 29.8 Å². The summed E-state index contributed by atoms with van der Waals surface area (Å²) in [5.74, 6) is 0.451. The van der Waals surface area contributed by atoms with E-state index in [4.69, 9.17) is 5.73 Å². The van der Waals surface area contributed by atoms with Crippen molar-refractivity contribution in [2.75, 3.05) is 45.8 Å². The van der Waals surface area contributed by atoms with Crippen molar-refractivity contribution in [1.29, 1.82) is 0 Å². The van der Waals surface area contributed by atoms with Gasteiger partial charge in [-0.2, -0.15) is 0 Å². The van der Waals surface area contributed by atoms with Gasteiger partial charge in [0.05, 0.1) is 0 Å². The van der Waals surface area contributed by atoms with E-state index >= 15 is 0 Å². The molecule has 5 heteroatoms. The Morgan fingerprint density at radius 1 is 1.17 bits per heavy atom.